The minimum Gasteiger partial charge on any atom is -0.491 e. The monoisotopic (exact) mass is 406 g/mol. The van der Waals surface area contributed by atoms with Crippen LogP contribution < -0.4 is 15.4 Å². The molecule has 0 spiro atoms. The molecule has 0 aliphatic rings. The number of anilines is 1. The maximum Gasteiger partial charge on any atom is 0.258 e. The summed E-state index contributed by atoms with van der Waals surface area (Å²) in [5, 5.41) is 5.90. The van der Waals surface area contributed by atoms with E-state index in [1.54, 1.807) is 18.2 Å². The largest absolute Gasteiger partial charge is 0.491 e. The van der Waals surface area contributed by atoms with Gasteiger partial charge in [-0.05, 0) is 65.8 Å². The first-order chi connectivity index (χ1) is 11.5. The highest BCUT2D eigenvalue weighted by Crippen LogP contribution is 2.19. The molecule has 0 radical (unpaired) electrons. The molecule has 0 heterocycles. The molecule has 0 saturated carbocycles. The van der Waals surface area contributed by atoms with Crippen molar-refractivity contribution in [2.75, 3.05) is 5.32 Å². The molecule has 2 aromatic carbocycles. The molecule has 6 heteroatoms. The average molecular weight is 407 g/mol. The van der Waals surface area contributed by atoms with Crippen LogP contribution in [0.15, 0.2) is 53.0 Å². The molecule has 0 aliphatic heterocycles. The van der Waals surface area contributed by atoms with Crippen molar-refractivity contribution in [3.8, 4) is 5.75 Å². The molecule has 0 saturated heterocycles. The summed E-state index contributed by atoms with van der Waals surface area (Å²) in [5.74, 6) is 0.487. The van der Waals surface area contributed by atoms with Crippen molar-refractivity contribution in [3.05, 3.63) is 58.6 Å². The molecule has 0 aliphatic carbocycles. The number of benzene rings is 2. The maximum atomic E-state index is 12.2. The van der Waals surface area contributed by atoms with Gasteiger partial charge in [0.15, 0.2) is 5.11 Å². The number of thiocarbonyl (C=S) groups is 1. The Morgan fingerprint density at radius 1 is 1.25 bits per heavy atom. The summed E-state index contributed by atoms with van der Waals surface area (Å²) in [6.45, 7) is 4.09. The summed E-state index contributed by atoms with van der Waals surface area (Å²) >= 11 is 8.56. The van der Waals surface area contributed by atoms with E-state index < -0.39 is 0 Å². The van der Waals surface area contributed by atoms with Gasteiger partial charge in [-0.2, -0.15) is 0 Å². The second-order valence-corrected chi connectivity index (χ2v) is 6.52. The zero-order chi connectivity index (χ0) is 17.5. The molecular weight excluding hydrogens is 388 g/mol. The Labute approximate surface area is 155 Å². The Bertz CT molecular complexity index is 736. The van der Waals surface area contributed by atoms with Gasteiger partial charge in [-0.15, -0.1) is 0 Å². The lowest BCUT2D eigenvalue weighted by Gasteiger charge is -2.14. The van der Waals surface area contributed by atoms with Crippen LogP contribution in [0, 0.1) is 0 Å². The van der Waals surface area contributed by atoms with Crippen LogP contribution >= 0.6 is 28.1 Å². The van der Waals surface area contributed by atoms with Crippen LogP contribution in [0.3, 0.4) is 0 Å². The minimum absolute atomic E-state index is 0.141. The highest BCUT2D eigenvalue weighted by Gasteiger charge is 2.11. The second-order valence-electron chi connectivity index (χ2n) is 5.25. The van der Waals surface area contributed by atoms with E-state index in [-0.39, 0.29) is 17.1 Å². The summed E-state index contributed by atoms with van der Waals surface area (Å²) < 4.78 is 6.49. The van der Waals surface area contributed by atoms with Gasteiger partial charge in [0.05, 0.1) is 11.7 Å². The molecule has 1 amide bonds. The molecule has 2 N–H and O–H groups in total. The minimum atomic E-state index is -0.271. The standard InChI is InChI=1S/C18H19BrN2O2S/c1-3-12(2)23-14-8-6-7-13(11-14)20-18(24)21-17(22)15-9-4-5-10-16(15)19/h4-12H,3H2,1-2H3,(H2,20,21,22,24). The topological polar surface area (TPSA) is 50.4 Å². The van der Waals surface area contributed by atoms with Crippen LogP contribution in [-0.2, 0) is 0 Å². The van der Waals surface area contributed by atoms with Crippen molar-refractivity contribution in [2.24, 2.45) is 0 Å². The number of amides is 1. The molecule has 1 atom stereocenters. The van der Waals surface area contributed by atoms with Gasteiger partial charge in [-0.3, -0.25) is 10.1 Å². The summed E-state index contributed by atoms with van der Waals surface area (Å²) in [7, 11) is 0. The van der Waals surface area contributed by atoms with Crippen LogP contribution in [0.2, 0.25) is 0 Å². The molecule has 0 bridgehead atoms. The quantitative estimate of drug-likeness (QED) is 0.703. The van der Waals surface area contributed by atoms with E-state index in [1.165, 1.54) is 0 Å². The van der Waals surface area contributed by atoms with Crippen molar-refractivity contribution >= 4 is 44.9 Å². The van der Waals surface area contributed by atoms with E-state index in [0.717, 1.165) is 17.9 Å². The SMILES string of the molecule is CCC(C)Oc1cccc(NC(=S)NC(=O)c2ccccc2Br)c1. The van der Waals surface area contributed by atoms with Gasteiger partial charge >= 0.3 is 0 Å². The Balaban J connectivity index is 1.98. The van der Waals surface area contributed by atoms with Crippen LogP contribution in [0.25, 0.3) is 0 Å². The van der Waals surface area contributed by atoms with E-state index in [1.807, 2.05) is 37.3 Å². The number of nitrogens with one attached hydrogen (secondary N) is 2. The van der Waals surface area contributed by atoms with E-state index in [4.69, 9.17) is 17.0 Å². The molecule has 126 valence electrons. The Morgan fingerprint density at radius 2 is 2.00 bits per heavy atom. The third-order valence-corrected chi connectivity index (χ3v) is 4.25. The predicted molar refractivity (Wildman–Crippen MR) is 105 cm³/mol. The molecule has 4 nitrogen and oxygen atoms in total. The molecule has 2 rings (SSSR count). The molecule has 2 aromatic rings. The molecule has 0 aromatic heterocycles. The second kappa shape index (κ2) is 8.80. The zero-order valence-corrected chi connectivity index (χ0v) is 15.9. The number of carbonyl (C=O) groups is 1. The van der Waals surface area contributed by atoms with Gasteiger partial charge in [0.25, 0.3) is 5.91 Å². The lowest BCUT2D eigenvalue weighted by molar-refractivity contribution is 0.0977. The Morgan fingerprint density at radius 3 is 2.71 bits per heavy atom. The van der Waals surface area contributed by atoms with Crippen molar-refractivity contribution in [1.82, 2.24) is 5.32 Å². The third-order valence-electron chi connectivity index (χ3n) is 3.35. The van der Waals surface area contributed by atoms with Gasteiger partial charge in [-0.25, -0.2) is 0 Å². The first-order valence-electron chi connectivity index (χ1n) is 7.63. The first kappa shape index (κ1) is 18.4. The number of ether oxygens (including phenoxy) is 1. The number of hydrogen-bond acceptors (Lipinski definition) is 3. The number of rotatable bonds is 5. The molecular formula is C18H19BrN2O2S. The summed E-state index contributed by atoms with van der Waals surface area (Å²) in [4.78, 5) is 12.2. The van der Waals surface area contributed by atoms with Gasteiger partial charge in [0, 0.05) is 16.2 Å². The van der Waals surface area contributed by atoms with Gasteiger partial charge in [-0.1, -0.05) is 25.1 Å². The van der Waals surface area contributed by atoms with E-state index in [0.29, 0.717) is 10.0 Å². The van der Waals surface area contributed by atoms with Crippen LogP contribution in [0.1, 0.15) is 30.6 Å². The summed E-state index contributed by atoms with van der Waals surface area (Å²) in [6, 6.07) is 14.7. The number of halogens is 1. The highest BCUT2D eigenvalue weighted by molar-refractivity contribution is 9.10. The van der Waals surface area contributed by atoms with Crippen molar-refractivity contribution < 1.29 is 9.53 Å². The van der Waals surface area contributed by atoms with Crippen LogP contribution in [0.5, 0.6) is 5.75 Å². The lowest BCUT2D eigenvalue weighted by atomic mass is 10.2. The van der Waals surface area contributed by atoms with E-state index in [9.17, 15) is 4.79 Å². The smallest absolute Gasteiger partial charge is 0.258 e. The maximum absolute atomic E-state index is 12.2. The first-order valence-corrected chi connectivity index (χ1v) is 8.83. The van der Waals surface area contributed by atoms with E-state index in [2.05, 4.69) is 33.5 Å². The summed E-state index contributed by atoms with van der Waals surface area (Å²) in [5.41, 5.74) is 1.28. The zero-order valence-electron chi connectivity index (χ0n) is 13.5. The highest BCUT2D eigenvalue weighted by atomic mass is 79.9. The average Bonchev–Trinajstić information content (AvgIpc) is 2.55. The third kappa shape index (κ3) is 5.32. The van der Waals surface area contributed by atoms with Gasteiger partial charge in [0.1, 0.15) is 5.75 Å². The molecule has 24 heavy (non-hydrogen) atoms. The normalized spacial score (nSPS) is 11.5. The van der Waals surface area contributed by atoms with Gasteiger partial charge in [0.2, 0.25) is 0 Å². The Hall–Kier alpha value is -1.92. The van der Waals surface area contributed by atoms with Crippen molar-refractivity contribution in [2.45, 2.75) is 26.4 Å². The number of hydrogen-bond donors (Lipinski definition) is 2. The lowest BCUT2D eigenvalue weighted by Crippen LogP contribution is -2.34. The molecule has 0 fully saturated rings. The fourth-order valence-corrected chi connectivity index (χ4v) is 2.62. The van der Waals surface area contributed by atoms with Gasteiger partial charge < -0.3 is 10.1 Å². The van der Waals surface area contributed by atoms with E-state index >= 15 is 0 Å². The predicted octanol–water partition coefficient (Wildman–Crippen LogP) is 4.75. The Kier molecular flexibility index (Phi) is 6.75. The fourth-order valence-electron chi connectivity index (χ4n) is 1.94. The van der Waals surface area contributed by atoms with Crippen LogP contribution in [0.4, 0.5) is 5.69 Å². The fraction of sp³-hybridized carbons (Fsp3) is 0.222. The molecule has 1 unspecified atom stereocenters. The van der Waals surface area contributed by atoms with Crippen LogP contribution in [-0.4, -0.2) is 17.1 Å². The summed E-state index contributed by atoms with van der Waals surface area (Å²) in [6.07, 6.45) is 1.07. The van der Waals surface area contributed by atoms with Crippen molar-refractivity contribution in [3.63, 3.8) is 0 Å². The van der Waals surface area contributed by atoms with Crippen molar-refractivity contribution in [1.29, 1.82) is 0 Å². The number of carbonyl (C=O) groups excluding carboxylic acids is 1.